The lowest BCUT2D eigenvalue weighted by molar-refractivity contribution is 0.0953. The van der Waals surface area contributed by atoms with Gasteiger partial charge in [-0.2, -0.15) is 0 Å². The van der Waals surface area contributed by atoms with E-state index in [0.717, 1.165) is 12.8 Å². The van der Waals surface area contributed by atoms with Gasteiger partial charge in [-0.1, -0.05) is 54.4 Å². The molecular weight excluding hydrogens is 353 g/mol. The first-order valence-electron chi connectivity index (χ1n) is 8.50. The lowest BCUT2D eigenvalue weighted by atomic mass is 9.93. The van der Waals surface area contributed by atoms with Crippen LogP contribution in [0.2, 0.25) is 0 Å². The van der Waals surface area contributed by atoms with E-state index in [-0.39, 0.29) is 6.04 Å². The molecule has 0 aromatic heterocycles. The van der Waals surface area contributed by atoms with Gasteiger partial charge in [0, 0.05) is 4.91 Å². The number of phosphoric ester groups is 1. The Morgan fingerprint density at radius 2 is 1.46 bits per heavy atom. The lowest BCUT2D eigenvalue weighted by Gasteiger charge is -2.30. The maximum atomic E-state index is 13.4. The van der Waals surface area contributed by atoms with Crippen LogP contribution >= 0.6 is 7.82 Å². The van der Waals surface area contributed by atoms with Crippen molar-refractivity contribution >= 4 is 7.82 Å². The van der Waals surface area contributed by atoms with Crippen molar-refractivity contribution in [3.05, 3.63) is 71.1 Å². The second kappa shape index (κ2) is 8.77. The minimum Gasteiger partial charge on any atom is -0.395 e. The third-order valence-corrected chi connectivity index (χ3v) is 5.45. The monoisotopic (exact) mass is 373 g/mol. The molecule has 136 valence electrons. The molecule has 0 radical (unpaired) electrons. The number of hydrogen-bond donors (Lipinski definition) is 0. The molecule has 0 amide bonds. The largest absolute Gasteiger partial charge is 0.587 e. The lowest BCUT2D eigenvalue weighted by Crippen LogP contribution is -2.31. The molecule has 0 spiro atoms. The van der Waals surface area contributed by atoms with E-state index in [2.05, 4.69) is 10.0 Å². The van der Waals surface area contributed by atoms with Crippen molar-refractivity contribution in [1.82, 2.24) is 0 Å². The number of azide groups is 1. The zero-order valence-electron chi connectivity index (χ0n) is 14.2. The molecule has 0 saturated heterocycles. The Kier molecular flexibility index (Phi) is 6.18. The summed E-state index contributed by atoms with van der Waals surface area (Å²) in [5.74, 6) is 0.755. The third-order valence-electron chi connectivity index (χ3n) is 4.05. The topological polar surface area (TPSA) is 93.5 Å². The van der Waals surface area contributed by atoms with E-state index in [1.807, 2.05) is 12.1 Å². The summed E-state index contributed by atoms with van der Waals surface area (Å²) in [6, 6.07) is 17.1. The van der Waals surface area contributed by atoms with Crippen LogP contribution in [0.25, 0.3) is 10.4 Å². The van der Waals surface area contributed by atoms with Crippen molar-refractivity contribution in [2.24, 2.45) is 5.11 Å². The van der Waals surface area contributed by atoms with Gasteiger partial charge in [0.05, 0.1) is 12.1 Å². The molecule has 26 heavy (non-hydrogen) atoms. The molecule has 1 aliphatic rings. The highest BCUT2D eigenvalue weighted by Gasteiger charge is 2.38. The maximum Gasteiger partial charge on any atom is 0.587 e. The van der Waals surface area contributed by atoms with Crippen LogP contribution in [0.1, 0.15) is 25.7 Å². The molecule has 2 aromatic carbocycles. The quantitative estimate of drug-likeness (QED) is 0.262. The van der Waals surface area contributed by atoms with E-state index in [1.54, 1.807) is 48.5 Å². The highest BCUT2D eigenvalue weighted by Crippen LogP contribution is 2.52. The van der Waals surface area contributed by atoms with Crippen molar-refractivity contribution in [3.63, 3.8) is 0 Å². The summed E-state index contributed by atoms with van der Waals surface area (Å²) < 4.78 is 30.4. The molecule has 0 aliphatic heterocycles. The molecule has 2 aromatic rings. The van der Waals surface area contributed by atoms with Gasteiger partial charge in [0.15, 0.2) is 0 Å². The Balaban J connectivity index is 1.84. The van der Waals surface area contributed by atoms with Crippen molar-refractivity contribution in [1.29, 1.82) is 0 Å². The summed E-state index contributed by atoms with van der Waals surface area (Å²) in [7, 11) is -3.98. The average molecular weight is 373 g/mol. The Hall–Kier alpha value is -2.46. The molecule has 3 rings (SSSR count). The second-order valence-corrected chi connectivity index (χ2v) is 7.43. The van der Waals surface area contributed by atoms with Crippen LogP contribution in [0, 0.1) is 0 Å². The molecule has 0 heterocycles. The van der Waals surface area contributed by atoms with E-state index < -0.39 is 13.9 Å². The molecule has 0 unspecified atom stereocenters. The minimum atomic E-state index is -3.98. The van der Waals surface area contributed by atoms with Gasteiger partial charge in [-0.25, -0.2) is 4.57 Å². The van der Waals surface area contributed by atoms with E-state index >= 15 is 0 Å². The Labute approximate surface area is 152 Å². The van der Waals surface area contributed by atoms with Gasteiger partial charge in [0.25, 0.3) is 0 Å². The summed E-state index contributed by atoms with van der Waals surface area (Å²) in [5, 5.41) is 3.79. The normalized spacial score (nSPS) is 20.0. The summed E-state index contributed by atoms with van der Waals surface area (Å²) in [6.45, 7) is 0. The maximum absolute atomic E-state index is 13.4. The van der Waals surface area contributed by atoms with Crippen molar-refractivity contribution < 1.29 is 18.1 Å². The number of para-hydroxylation sites is 2. The summed E-state index contributed by atoms with van der Waals surface area (Å²) in [6.07, 6.45) is 2.64. The molecule has 1 saturated carbocycles. The fraction of sp³-hybridized carbons (Fsp3) is 0.333. The van der Waals surface area contributed by atoms with Crippen LogP contribution in [0.15, 0.2) is 65.8 Å². The van der Waals surface area contributed by atoms with Gasteiger partial charge >= 0.3 is 7.82 Å². The number of benzene rings is 2. The predicted molar refractivity (Wildman–Crippen MR) is 98.0 cm³/mol. The zero-order chi connectivity index (χ0) is 18.2. The molecule has 0 bridgehead atoms. The van der Waals surface area contributed by atoms with Gasteiger partial charge < -0.3 is 9.05 Å². The second-order valence-electron chi connectivity index (χ2n) is 5.96. The van der Waals surface area contributed by atoms with Gasteiger partial charge in [-0.15, -0.1) is 0 Å². The van der Waals surface area contributed by atoms with Crippen LogP contribution in [0.5, 0.6) is 11.5 Å². The van der Waals surface area contributed by atoms with Crippen LogP contribution in [0.3, 0.4) is 0 Å². The van der Waals surface area contributed by atoms with Crippen LogP contribution in [-0.2, 0) is 9.09 Å². The number of phosphoric acid groups is 1. The fourth-order valence-corrected chi connectivity index (χ4v) is 4.31. The first-order chi connectivity index (χ1) is 12.7. The van der Waals surface area contributed by atoms with E-state index in [9.17, 15) is 4.57 Å². The van der Waals surface area contributed by atoms with E-state index in [4.69, 9.17) is 19.1 Å². The van der Waals surface area contributed by atoms with Crippen LogP contribution < -0.4 is 9.05 Å². The summed E-state index contributed by atoms with van der Waals surface area (Å²) in [5.41, 5.74) is 8.78. The number of rotatable bonds is 7. The average Bonchev–Trinajstić information content (AvgIpc) is 2.65. The van der Waals surface area contributed by atoms with Crippen LogP contribution in [-0.4, -0.2) is 12.1 Å². The summed E-state index contributed by atoms with van der Waals surface area (Å²) in [4.78, 5) is 2.88. The van der Waals surface area contributed by atoms with Gasteiger partial charge in [-0.05, 0) is 42.6 Å². The first-order valence-corrected chi connectivity index (χ1v) is 9.96. The third kappa shape index (κ3) is 5.02. The molecule has 2 atom stereocenters. The standard InChI is InChI=1S/C18H20N3O4P/c19-21-20-17-13-7-8-14-18(17)25-26(22,23-15-9-3-1-4-10-15)24-16-11-5-2-6-12-16/h1-6,9-12,17-18H,7-8,13-14H2/t17-,18-/m0/s1. The highest BCUT2D eigenvalue weighted by atomic mass is 31.2. The first kappa shape index (κ1) is 18.3. The van der Waals surface area contributed by atoms with Crippen LogP contribution in [0.4, 0.5) is 0 Å². The SMILES string of the molecule is [N-]=[N+]=N[C@H]1CCCC[C@@H]1OP(=O)(Oc1ccccc1)Oc1ccccc1. The molecule has 1 fully saturated rings. The number of nitrogens with zero attached hydrogens (tertiary/aromatic N) is 3. The molecule has 8 heteroatoms. The molecule has 1 aliphatic carbocycles. The smallest absolute Gasteiger partial charge is 0.395 e. The van der Waals surface area contributed by atoms with Gasteiger partial charge in [0.2, 0.25) is 0 Å². The van der Waals surface area contributed by atoms with E-state index in [0.29, 0.717) is 24.3 Å². The Morgan fingerprint density at radius 3 is 2.00 bits per heavy atom. The van der Waals surface area contributed by atoms with Gasteiger partial charge in [-0.3, -0.25) is 4.52 Å². The Bertz CT molecular complexity index is 751. The minimum absolute atomic E-state index is 0.378. The predicted octanol–water partition coefficient (Wildman–Crippen LogP) is 5.89. The van der Waals surface area contributed by atoms with Crippen molar-refractivity contribution in [2.45, 2.75) is 37.8 Å². The Morgan fingerprint density at radius 1 is 0.923 bits per heavy atom. The zero-order valence-corrected chi connectivity index (χ0v) is 15.1. The van der Waals surface area contributed by atoms with Crippen molar-refractivity contribution in [2.75, 3.05) is 0 Å². The molecule has 0 N–H and O–H groups in total. The van der Waals surface area contributed by atoms with Crippen molar-refractivity contribution in [3.8, 4) is 11.5 Å². The molecular formula is C18H20N3O4P. The fourth-order valence-electron chi connectivity index (χ4n) is 2.85. The summed E-state index contributed by atoms with van der Waals surface area (Å²) >= 11 is 0. The number of hydrogen-bond acceptors (Lipinski definition) is 5. The molecule has 7 nitrogen and oxygen atoms in total. The van der Waals surface area contributed by atoms with E-state index in [1.165, 1.54) is 0 Å². The highest BCUT2D eigenvalue weighted by molar-refractivity contribution is 7.49. The van der Waals surface area contributed by atoms with Gasteiger partial charge in [0.1, 0.15) is 11.5 Å².